The molecule has 13 heteroatoms. The number of fused-ring (bicyclic) bond motifs is 1. The minimum atomic E-state index is -0.986. The zero-order chi connectivity index (χ0) is 20.2. The molecule has 0 aromatic carbocycles. The third-order valence-electron chi connectivity index (χ3n) is 3.18. The van der Waals surface area contributed by atoms with Crippen LogP contribution in [0.3, 0.4) is 0 Å². The average molecular weight is 492 g/mol. The first-order chi connectivity index (χ1) is 12.9. The maximum Gasteiger partial charge on any atom is 0.326 e. The van der Waals surface area contributed by atoms with E-state index in [0.29, 0.717) is 13.0 Å². The van der Waals surface area contributed by atoms with Crippen LogP contribution in [0.25, 0.3) is 11.2 Å². The second kappa shape index (κ2) is 12.1. The fraction of sp³-hybridized carbons (Fsp3) is 0.429. The maximum absolute atomic E-state index is 11.3. The van der Waals surface area contributed by atoms with Crippen LogP contribution in [-0.4, -0.2) is 53.9 Å². The van der Waals surface area contributed by atoms with Crippen molar-refractivity contribution in [3.8, 4) is 0 Å². The number of carboxylic acids is 1. The quantitative estimate of drug-likeness (QED) is 0.0883. The standard InChI is InChI=1S/C8H15IN2O3.C6H6N6O/c9-5-7(12)11-6(8(13)14)3-1-2-4-10;7-12-6-10-4-3(5(13)11-6)8-1-2-9-4/h6H,1-5,10H2,(H,11,12)(H,13,14);1-2H,7H2,(H2,9,10,11,12,13)/t6-;/m0./s1. The first kappa shape index (κ1) is 22.7. The van der Waals surface area contributed by atoms with Gasteiger partial charge in [-0.3, -0.25) is 20.0 Å². The molecule has 12 nitrogen and oxygen atoms in total. The highest BCUT2D eigenvalue weighted by molar-refractivity contribution is 14.1. The van der Waals surface area contributed by atoms with Crippen molar-refractivity contribution < 1.29 is 14.7 Å². The number of hydrogen-bond donors (Lipinski definition) is 6. The van der Waals surface area contributed by atoms with Gasteiger partial charge >= 0.3 is 5.97 Å². The molecule has 0 aliphatic rings. The number of unbranched alkanes of at least 4 members (excludes halogenated alkanes) is 1. The molecule has 1 amide bonds. The number of hydrogen-bond acceptors (Lipinski definition) is 9. The molecular formula is C14H21IN8O4. The van der Waals surface area contributed by atoms with Crippen molar-refractivity contribution in [2.75, 3.05) is 16.4 Å². The zero-order valence-corrected chi connectivity index (χ0v) is 16.5. The van der Waals surface area contributed by atoms with Crippen LogP contribution in [0.5, 0.6) is 0 Å². The molecular weight excluding hydrogens is 471 g/mol. The third kappa shape index (κ3) is 7.79. The molecule has 0 aliphatic heterocycles. The highest BCUT2D eigenvalue weighted by Crippen LogP contribution is 2.01. The molecule has 0 bridgehead atoms. The van der Waals surface area contributed by atoms with Gasteiger partial charge in [-0.2, -0.15) is 4.98 Å². The highest BCUT2D eigenvalue weighted by atomic mass is 127. The first-order valence-corrected chi connectivity index (χ1v) is 9.41. The summed E-state index contributed by atoms with van der Waals surface area (Å²) >= 11 is 1.89. The number of carboxylic acid groups (broad SMARTS) is 1. The van der Waals surface area contributed by atoms with Crippen LogP contribution >= 0.6 is 22.6 Å². The number of H-pyrrole nitrogens is 1. The van der Waals surface area contributed by atoms with Crippen molar-refractivity contribution in [3.63, 3.8) is 0 Å². The van der Waals surface area contributed by atoms with E-state index in [9.17, 15) is 14.4 Å². The van der Waals surface area contributed by atoms with E-state index in [1.807, 2.05) is 22.6 Å². The Morgan fingerprint density at radius 3 is 2.59 bits per heavy atom. The van der Waals surface area contributed by atoms with Gasteiger partial charge in [0.05, 0.1) is 4.43 Å². The van der Waals surface area contributed by atoms with E-state index in [2.05, 4.69) is 30.7 Å². The lowest BCUT2D eigenvalue weighted by Gasteiger charge is -2.12. The molecule has 0 saturated carbocycles. The summed E-state index contributed by atoms with van der Waals surface area (Å²) in [6, 6.07) is -0.774. The molecule has 2 aromatic rings. The Hall–Kier alpha value is -2.39. The Bertz CT molecular complexity index is 815. The van der Waals surface area contributed by atoms with Crippen molar-refractivity contribution in [2.45, 2.75) is 25.3 Å². The van der Waals surface area contributed by atoms with Crippen molar-refractivity contribution in [3.05, 3.63) is 22.7 Å². The topological polar surface area (TPSA) is 202 Å². The highest BCUT2D eigenvalue weighted by Gasteiger charge is 2.18. The monoisotopic (exact) mass is 492 g/mol. The number of anilines is 1. The molecule has 27 heavy (non-hydrogen) atoms. The van der Waals surface area contributed by atoms with Crippen LogP contribution in [0, 0.1) is 0 Å². The number of carbonyl (C=O) groups is 2. The summed E-state index contributed by atoms with van der Waals surface area (Å²) < 4.78 is 0.276. The van der Waals surface area contributed by atoms with Crippen LogP contribution in [0.1, 0.15) is 19.3 Å². The van der Waals surface area contributed by atoms with Crippen molar-refractivity contribution >= 4 is 51.6 Å². The number of carbonyl (C=O) groups excluding carboxylic acids is 1. The van der Waals surface area contributed by atoms with E-state index < -0.39 is 12.0 Å². The second-order valence-electron chi connectivity index (χ2n) is 5.16. The molecule has 0 aliphatic carbocycles. The Morgan fingerprint density at radius 2 is 2.00 bits per heavy atom. The molecule has 8 N–H and O–H groups in total. The molecule has 2 heterocycles. The van der Waals surface area contributed by atoms with Gasteiger partial charge < -0.3 is 16.2 Å². The third-order valence-corrected chi connectivity index (χ3v) is 3.87. The number of nitrogens with two attached hydrogens (primary N) is 2. The van der Waals surface area contributed by atoms with Gasteiger partial charge in [-0.25, -0.2) is 20.6 Å². The van der Waals surface area contributed by atoms with Gasteiger partial charge in [0, 0.05) is 12.4 Å². The number of aliphatic carboxylic acids is 1. The van der Waals surface area contributed by atoms with Gasteiger partial charge in [-0.05, 0) is 25.8 Å². The van der Waals surface area contributed by atoms with Crippen molar-refractivity contribution in [2.24, 2.45) is 11.6 Å². The van der Waals surface area contributed by atoms with Crippen LogP contribution < -0.4 is 27.9 Å². The zero-order valence-electron chi connectivity index (χ0n) is 14.3. The number of aromatic nitrogens is 4. The molecule has 0 unspecified atom stereocenters. The number of halogens is 1. The number of amides is 1. The Morgan fingerprint density at radius 1 is 1.30 bits per heavy atom. The van der Waals surface area contributed by atoms with Gasteiger partial charge in [0.25, 0.3) is 5.56 Å². The van der Waals surface area contributed by atoms with E-state index in [1.165, 1.54) is 12.4 Å². The minimum Gasteiger partial charge on any atom is -0.480 e. The molecule has 0 saturated heterocycles. The van der Waals surface area contributed by atoms with Gasteiger partial charge in [-0.1, -0.05) is 22.6 Å². The molecule has 0 spiro atoms. The summed E-state index contributed by atoms with van der Waals surface area (Å²) in [6.07, 6.45) is 4.82. The van der Waals surface area contributed by atoms with Crippen molar-refractivity contribution in [1.29, 1.82) is 0 Å². The van der Waals surface area contributed by atoms with Gasteiger partial charge in [0.1, 0.15) is 6.04 Å². The van der Waals surface area contributed by atoms with Crippen molar-refractivity contribution in [1.82, 2.24) is 25.3 Å². The predicted molar refractivity (Wildman–Crippen MR) is 107 cm³/mol. The summed E-state index contributed by atoms with van der Waals surface area (Å²) in [5, 5.41) is 11.2. The number of alkyl halides is 1. The van der Waals surface area contributed by atoms with E-state index in [0.717, 1.165) is 12.8 Å². The SMILES string of the molecule is NCCCC[C@H](NC(=O)CI)C(=O)O.NNc1nc2nccnc2c(=O)[nH]1. The molecule has 0 radical (unpaired) electrons. The lowest BCUT2D eigenvalue weighted by atomic mass is 10.1. The van der Waals surface area contributed by atoms with E-state index in [-0.39, 0.29) is 33.0 Å². The number of nitrogens with one attached hydrogen (secondary N) is 3. The van der Waals surface area contributed by atoms with Gasteiger partial charge in [0.2, 0.25) is 11.9 Å². The molecule has 2 aromatic heterocycles. The number of rotatable bonds is 8. The normalized spacial score (nSPS) is 11.2. The summed E-state index contributed by atoms with van der Waals surface area (Å²) in [7, 11) is 0. The number of nitrogen functional groups attached to an aromatic ring is 1. The average Bonchev–Trinajstić information content (AvgIpc) is 2.67. The fourth-order valence-electron chi connectivity index (χ4n) is 1.92. The number of aromatic amines is 1. The summed E-state index contributed by atoms with van der Waals surface area (Å²) in [5.74, 6) is 4.01. The van der Waals surface area contributed by atoms with Crippen LogP contribution in [0.2, 0.25) is 0 Å². The largest absolute Gasteiger partial charge is 0.480 e. The van der Waals surface area contributed by atoms with Crippen LogP contribution in [0.4, 0.5) is 5.95 Å². The first-order valence-electron chi connectivity index (χ1n) is 7.88. The van der Waals surface area contributed by atoms with E-state index >= 15 is 0 Å². The van der Waals surface area contributed by atoms with Crippen LogP contribution in [-0.2, 0) is 9.59 Å². The predicted octanol–water partition coefficient (Wildman–Crippen LogP) is -0.881. The smallest absolute Gasteiger partial charge is 0.326 e. The van der Waals surface area contributed by atoms with E-state index in [1.54, 1.807) is 0 Å². The lowest BCUT2D eigenvalue weighted by molar-refractivity contribution is -0.141. The number of nitrogens with zero attached hydrogens (tertiary/aromatic N) is 3. The molecule has 1 atom stereocenters. The lowest BCUT2D eigenvalue weighted by Crippen LogP contribution is -2.41. The maximum atomic E-state index is 11.3. The molecule has 2 rings (SSSR count). The number of hydrazine groups is 1. The Kier molecular flexibility index (Phi) is 10.1. The van der Waals surface area contributed by atoms with E-state index in [4.69, 9.17) is 16.7 Å². The fourth-order valence-corrected chi connectivity index (χ4v) is 2.14. The second-order valence-corrected chi connectivity index (χ2v) is 5.93. The molecule has 148 valence electrons. The summed E-state index contributed by atoms with van der Waals surface area (Å²) in [5.41, 5.74) is 7.60. The minimum absolute atomic E-state index is 0.165. The Labute approximate surface area is 167 Å². The van der Waals surface area contributed by atoms with Gasteiger partial charge in [0.15, 0.2) is 11.2 Å². The summed E-state index contributed by atoms with van der Waals surface area (Å²) in [6.45, 7) is 0.548. The summed E-state index contributed by atoms with van der Waals surface area (Å²) in [4.78, 5) is 46.9. The van der Waals surface area contributed by atoms with Crippen LogP contribution in [0.15, 0.2) is 17.2 Å². The Balaban J connectivity index is 0.000000270. The van der Waals surface area contributed by atoms with Gasteiger partial charge in [-0.15, -0.1) is 0 Å². The molecule has 0 fully saturated rings.